The van der Waals surface area contributed by atoms with Gasteiger partial charge < -0.3 is 10.4 Å². The summed E-state index contributed by atoms with van der Waals surface area (Å²) >= 11 is 1.34. The Morgan fingerprint density at radius 3 is 2.64 bits per heavy atom. The molecule has 0 atom stereocenters. The molecule has 4 rings (SSSR count). The maximum Gasteiger partial charge on any atom is 0.262 e. The van der Waals surface area contributed by atoms with E-state index in [1.807, 2.05) is 13.0 Å². The molecule has 2 aromatic carbocycles. The van der Waals surface area contributed by atoms with Gasteiger partial charge in [0, 0.05) is 12.5 Å². The fourth-order valence-electron chi connectivity index (χ4n) is 4.18. The lowest BCUT2D eigenvalue weighted by Crippen LogP contribution is -2.14. The average molecular weight is 486 g/mol. The third-order valence-electron chi connectivity index (χ3n) is 5.83. The standard InChI is InChI=1S/C24H27N3O4S2/c1-15-10-11-18(13-21(15)33(30,31)27-19-8-5-9-20(28)14-19)23-16(2)25-24(32-23)26-22(29)12-17-6-3-4-7-17/h5,8-11,13-14,17,27-28H,3-4,6-7,12H2,1-2H3,(H,25,26,29). The van der Waals surface area contributed by atoms with Crippen molar-refractivity contribution in [2.45, 2.75) is 50.8 Å². The van der Waals surface area contributed by atoms with Gasteiger partial charge in [0.2, 0.25) is 5.91 Å². The lowest BCUT2D eigenvalue weighted by atomic mass is 10.0. The summed E-state index contributed by atoms with van der Waals surface area (Å²) in [5.74, 6) is 0.405. The Morgan fingerprint density at radius 1 is 1.15 bits per heavy atom. The van der Waals surface area contributed by atoms with Crippen molar-refractivity contribution in [1.82, 2.24) is 4.98 Å². The predicted octanol–water partition coefficient (Wildman–Crippen LogP) is 5.45. The number of hydrogen-bond acceptors (Lipinski definition) is 6. The van der Waals surface area contributed by atoms with Crippen molar-refractivity contribution in [1.29, 1.82) is 0 Å². The summed E-state index contributed by atoms with van der Waals surface area (Å²) in [5.41, 5.74) is 2.31. The van der Waals surface area contributed by atoms with Crippen LogP contribution in [0.1, 0.15) is 43.4 Å². The van der Waals surface area contributed by atoms with Crippen LogP contribution in [0, 0.1) is 19.8 Å². The third kappa shape index (κ3) is 5.54. The molecule has 174 valence electrons. The molecule has 7 nitrogen and oxygen atoms in total. The zero-order valence-electron chi connectivity index (χ0n) is 18.6. The van der Waals surface area contributed by atoms with Gasteiger partial charge in [0.15, 0.2) is 5.13 Å². The van der Waals surface area contributed by atoms with Gasteiger partial charge in [-0.15, -0.1) is 0 Å². The molecule has 0 unspecified atom stereocenters. The van der Waals surface area contributed by atoms with Gasteiger partial charge in [-0.1, -0.05) is 42.4 Å². The number of benzene rings is 2. The van der Waals surface area contributed by atoms with Crippen molar-refractivity contribution < 1.29 is 18.3 Å². The molecular weight excluding hydrogens is 458 g/mol. The van der Waals surface area contributed by atoms with E-state index in [-0.39, 0.29) is 22.2 Å². The second-order valence-corrected chi connectivity index (χ2v) is 11.1. The van der Waals surface area contributed by atoms with Crippen molar-refractivity contribution in [3.8, 4) is 16.2 Å². The van der Waals surface area contributed by atoms with Crippen LogP contribution < -0.4 is 10.0 Å². The summed E-state index contributed by atoms with van der Waals surface area (Å²) in [5, 5.41) is 13.1. The molecule has 9 heteroatoms. The lowest BCUT2D eigenvalue weighted by Gasteiger charge is -2.12. The molecule has 1 amide bonds. The summed E-state index contributed by atoms with van der Waals surface area (Å²) in [6, 6.07) is 11.2. The first-order valence-corrected chi connectivity index (χ1v) is 13.2. The number of anilines is 2. The van der Waals surface area contributed by atoms with E-state index in [4.69, 9.17) is 0 Å². The van der Waals surface area contributed by atoms with Gasteiger partial charge in [-0.3, -0.25) is 9.52 Å². The maximum atomic E-state index is 13.1. The quantitative estimate of drug-likeness (QED) is 0.412. The Kier molecular flexibility index (Phi) is 6.71. The third-order valence-corrected chi connectivity index (χ3v) is 8.48. The van der Waals surface area contributed by atoms with Gasteiger partial charge in [0.1, 0.15) is 5.75 Å². The number of carbonyl (C=O) groups excluding carboxylic acids is 1. The minimum atomic E-state index is -3.88. The molecule has 1 fully saturated rings. The second-order valence-electron chi connectivity index (χ2n) is 8.47. The van der Waals surface area contributed by atoms with Crippen LogP contribution in [0.25, 0.3) is 10.4 Å². The van der Waals surface area contributed by atoms with E-state index in [2.05, 4.69) is 15.0 Å². The highest BCUT2D eigenvalue weighted by atomic mass is 32.2. The van der Waals surface area contributed by atoms with Crippen LogP contribution in [-0.4, -0.2) is 24.4 Å². The SMILES string of the molecule is Cc1ccc(-c2sc(NC(=O)CC3CCCC3)nc2C)cc1S(=O)(=O)Nc1cccc(O)c1. The van der Waals surface area contributed by atoms with E-state index in [1.165, 1.54) is 36.3 Å². The molecule has 1 saturated carbocycles. The molecular formula is C24H27N3O4S2. The van der Waals surface area contributed by atoms with E-state index in [9.17, 15) is 18.3 Å². The number of aromatic hydroxyl groups is 1. The number of nitrogens with one attached hydrogen (secondary N) is 2. The number of carbonyl (C=O) groups is 1. The van der Waals surface area contributed by atoms with Gasteiger partial charge in [-0.25, -0.2) is 13.4 Å². The lowest BCUT2D eigenvalue weighted by molar-refractivity contribution is -0.117. The summed E-state index contributed by atoms with van der Waals surface area (Å²) in [6.07, 6.45) is 5.11. The van der Waals surface area contributed by atoms with Gasteiger partial charge in [0.25, 0.3) is 10.0 Å². The number of aryl methyl sites for hydroxylation is 2. The van der Waals surface area contributed by atoms with Crippen LogP contribution in [0.4, 0.5) is 10.8 Å². The summed E-state index contributed by atoms with van der Waals surface area (Å²) in [4.78, 5) is 17.8. The Labute approximate surface area is 198 Å². The number of thiazole rings is 1. The van der Waals surface area contributed by atoms with E-state index >= 15 is 0 Å². The largest absolute Gasteiger partial charge is 0.508 e. The Bertz CT molecular complexity index is 1280. The Morgan fingerprint density at radius 2 is 1.91 bits per heavy atom. The van der Waals surface area contributed by atoms with E-state index in [0.717, 1.165) is 23.4 Å². The number of amides is 1. The van der Waals surface area contributed by atoms with Crippen LogP contribution >= 0.6 is 11.3 Å². The molecule has 0 spiro atoms. The molecule has 0 saturated heterocycles. The van der Waals surface area contributed by atoms with Crippen molar-refractivity contribution in [2.24, 2.45) is 5.92 Å². The topological polar surface area (TPSA) is 108 Å². The van der Waals surface area contributed by atoms with Gasteiger partial charge in [-0.05, 0) is 61.9 Å². The number of phenolic OH excluding ortho intramolecular Hbond substituents is 1. The maximum absolute atomic E-state index is 13.1. The van der Waals surface area contributed by atoms with Crippen LogP contribution in [0.3, 0.4) is 0 Å². The Hall–Kier alpha value is -2.91. The number of hydrogen-bond donors (Lipinski definition) is 3. The molecule has 1 aliphatic rings. The second kappa shape index (κ2) is 9.52. The predicted molar refractivity (Wildman–Crippen MR) is 131 cm³/mol. The normalized spacial score (nSPS) is 14.4. The average Bonchev–Trinajstić information content (AvgIpc) is 3.37. The molecule has 0 aliphatic heterocycles. The van der Waals surface area contributed by atoms with Crippen LogP contribution in [0.15, 0.2) is 47.4 Å². The van der Waals surface area contributed by atoms with Crippen LogP contribution in [-0.2, 0) is 14.8 Å². The van der Waals surface area contributed by atoms with Gasteiger partial charge in [-0.2, -0.15) is 0 Å². The first-order valence-electron chi connectivity index (χ1n) is 10.9. The fourth-order valence-corrected chi connectivity index (χ4v) is 6.48. The smallest absolute Gasteiger partial charge is 0.262 e. The highest BCUT2D eigenvalue weighted by Gasteiger charge is 2.22. The van der Waals surface area contributed by atoms with Crippen molar-refractivity contribution in [3.05, 3.63) is 53.7 Å². The highest BCUT2D eigenvalue weighted by Crippen LogP contribution is 2.35. The van der Waals surface area contributed by atoms with Gasteiger partial charge in [0.05, 0.1) is 21.2 Å². The van der Waals surface area contributed by atoms with E-state index in [0.29, 0.717) is 28.6 Å². The van der Waals surface area contributed by atoms with E-state index in [1.54, 1.807) is 31.2 Å². The highest BCUT2D eigenvalue weighted by molar-refractivity contribution is 7.92. The first kappa shape index (κ1) is 23.3. The van der Waals surface area contributed by atoms with Crippen LogP contribution in [0.5, 0.6) is 5.75 Å². The van der Waals surface area contributed by atoms with E-state index < -0.39 is 10.0 Å². The fraction of sp³-hybridized carbons (Fsp3) is 0.333. The molecule has 1 aliphatic carbocycles. The molecule has 3 N–H and O–H groups in total. The first-order chi connectivity index (χ1) is 15.7. The number of rotatable bonds is 7. The van der Waals surface area contributed by atoms with Crippen LogP contribution in [0.2, 0.25) is 0 Å². The zero-order valence-corrected chi connectivity index (χ0v) is 20.2. The van der Waals surface area contributed by atoms with Gasteiger partial charge >= 0.3 is 0 Å². The summed E-state index contributed by atoms with van der Waals surface area (Å²) in [6.45, 7) is 3.58. The monoisotopic (exact) mass is 485 g/mol. The molecule has 0 bridgehead atoms. The van der Waals surface area contributed by atoms with Crippen molar-refractivity contribution in [3.63, 3.8) is 0 Å². The van der Waals surface area contributed by atoms with Crippen molar-refractivity contribution in [2.75, 3.05) is 10.0 Å². The number of nitrogens with zero attached hydrogens (tertiary/aromatic N) is 1. The minimum Gasteiger partial charge on any atom is -0.508 e. The number of aromatic nitrogens is 1. The number of phenols is 1. The zero-order chi connectivity index (χ0) is 23.6. The Balaban J connectivity index is 1.56. The summed E-state index contributed by atoms with van der Waals surface area (Å²) in [7, 11) is -3.88. The molecule has 3 aromatic rings. The number of sulfonamides is 1. The molecule has 33 heavy (non-hydrogen) atoms. The molecule has 0 radical (unpaired) electrons. The molecule has 1 aromatic heterocycles. The van der Waals surface area contributed by atoms with Crippen molar-refractivity contribution >= 4 is 38.1 Å². The minimum absolute atomic E-state index is 0.0234. The summed E-state index contributed by atoms with van der Waals surface area (Å²) < 4.78 is 28.6. The molecule has 1 heterocycles.